The van der Waals surface area contributed by atoms with E-state index in [-0.39, 0.29) is 29.8 Å². The van der Waals surface area contributed by atoms with Gasteiger partial charge in [0.1, 0.15) is 5.75 Å². The van der Waals surface area contributed by atoms with Crippen LogP contribution in [0.2, 0.25) is 0 Å². The van der Waals surface area contributed by atoms with Crippen molar-refractivity contribution in [2.45, 2.75) is 31.2 Å². The van der Waals surface area contributed by atoms with Gasteiger partial charge in [-0.2, -0.15) is 0 Å². The summed E-state index contributed by atoms with van der Waals surface area (Å²) < 4.78 is 32.6. The number of nitrogens with one attached hydrogen (secondary N) is 2. The Kier molecular flexibility index (Phi) is 7.07. The number of sulfonamides is 1. The van der Waals surface area contributed by atoms with Crippen LogP contribution >= 0.6 is 0 Å². The molecule has 158 valence electrons. The van der Waals surface area contributed by atoms with E-state index < -0.39 is 10.0 Å². The Labute approximate surface area is 177 Å². The Hall–Kier alpha value is -2.90. The highest BCUT2D eigenvalue weighted by molar-refractivity contribution is 7.89. The van der Waals surface area contributed by atoms with E-state index in [0.29, 0.717) is 12.4 Å². The first kappa shape index (κ1) is 21.8. The van der Waals surface area contributed by atoms with Crippen molar-refractivity contribution in [2.75, 3.05) is 13.2 Å². The summed E-state index contributed by atoms with van der Waals surface area (Å²) in [5.41, 5.74) is 1.02. The van der Waals surface area contributed by atoms with Crippen LogP contribution in [0.25, 0.3) is 10.8 Å². The molecule has 0 aromatic heterocycles. The maximum Gasteiger partial charge on any atom is 0.240 e. The van der Waals surface area contributed by atoms with E-state index in [4.69, 9.17) is 4.74 Å². The quantitative estimate of drug-likeness (QED) is 0.545. The predicted molar refractivity (Wildman–Crippen MR) is 118 cm³/mol. The van der Waals surface area contributed by atoms with E-state index in [9.17, 15) is 13.2 Å². The third-order valence-electron chi connectivity index (χ3n) is 4.76. The number of hydrogen-bond acceptors (Lipinski definition) is 4. The van der Waals surface area contributed by atoms with Crippen molar-refractivity contribution in [3.05, 3.63) is 72.3 Å². The molecule has 0 saturated carbocycles. The predicted octanol–water partition coefficient (Wildman–Crippen LogP) is 3.78. The van der Waals surface area contributed by atoms with E-state index in [1.54, 1.807) is 12.1 Å². The molecule has 30 heavy (non-hydrogen) atoms. The number of ether oxygens (including phenoxy) is 1. The zero-order valence-electron chi connectivity index (χ0n) is 17.1. The van der Waals surface area contributed by atoms with Gasteiger partial charge >= 0.3 is 0 Å². The monoisotopic (exact) mass is 426 g/mol. The minimum Gasteiger partial charge on any atom is -0.494 e. The van der Waals surface area contributed by atoms with Gasteiger partial charge in [0, 0.05) is 13.0 Å². The maximum absolute atomic E-state index is 12.4. The van der Waals surface area contributed by atoms with Crippen LogP contribution in [0.4, 0.5) is 0 Å². The van der Waals surface area contributed by atoms with Crippen LogP contribution in [-0.4, -0.2) is 27.5 Å². The minimum atomic E-state index is -3.68. The van der Waals surface area contributed by atoms with Crippen LogP contribution in [0, 0.1) is 0 Å². The van der Waals surface area contributed by atoms with E-state index in [2.05, 4.69) is 10.0 Å². The largest absolute Gasteiger partial charge is 0.494 e. The molecule has 0 aliphatic heterocycles. The lowest BCUT2D eigenvalue weighted by Crippen LogP contribution is -2.32. The fourth-order valence-electron chi connectivity index (χ4n) is 3.28. The number of amides is 1. The van der Waals surface area contributed by atoms with E-state index in [1.165, 1.54) is 12.1 Å². The van der Waals surface area contributed by atoms with Gasteiger partial charge in [0.05, 0.1) is 17.5 Å². The molecule has 0 heterocycles. The molecule has 1 unspecified atom stereocenters. The second kappa shape index (κ2) is 9.73. The van der Waals surface area contributed by atoms with Crippen molar-refractivity contribution in [2.24, 2.45) is 0 Å². The molecular formula is C23H26N2O4S. The molecule has 3 aromatic rings. The van der Waals surface area contributed by atoms with Gasteiger partial charge in [-0.15, -0.1) is 0 Å². The fourth-order valence-corrected chi connectivity index (χ4v) is 4.32. The summed E-state index contributed by atoms with van der Waals surface area (Å²) in [7, 11) is -3.68. The normalized spacial score (nSPS) is 12.5. The first-order valence-electron chi connectivity index (χ1n) is 9.90. The molecule has 1 amide bonds. The Morgan fingerprint density at radius 2 is 1.70 bits per heavy atom. The molecule has 0 bridgehead atoms. The number of benzene rings is 3. The Balaban J connectivity index is 1.55. The van der Waals surface area contributed by atoms with Gasteiger partial charge in [-0.05, 0) is 54.4 Å². The number of rotatable bonds is 9. The topological polar surface area (TPSA) is 84.5 Å². The lowest BCUT2D eigenvalue weighted by atomic mass is 9.99. The summed E-state index contributed by atoms with van der Waals surface area (Å²) >= 11 is 0. The molecule has 1 atom stereocenters. The van der Waals surface area contributed by atoms with Crippen molar-refractivity contribution < 1.29 is 17.9 Å². The Morgan fingerprint density at radius 3 is 2.43 bits per heavy atom. The third-order valence-corrected chi connectivity index (χ3v) is 6.23. The van der Waals surface area contributed by atoms with Gasteiger partial charge in [0.15, 0.2) is 0 Å². The van der Waals surface area contributed by atoms with Gasteiger partial charge < -0.3 is 10.1 Å². The first-order valence-corrected chi connectivity index (χ1v) is 11.4. The van der Waals surface area contributed by atoms with Gasteiger partial charge in [0.25, 0.3) is 0 Å². The number of carbonyl (C=O) groups is 1. The standard InChI is InChI=1S/C23H26N2O4S/c1-3-29-19-11-13-20(14-12-19)30(27,28)24-16-15-23(26)25-17(2)21-10-6-8-18-7-4-5-9-22(18)21/h4-14,17,24H,3,15-16H2,1-2H3,(H,25,26). The Morgan fingerprint density at radius 1 is 1.00 bits per heavy atom. The van der Waals surface area contributed by atoms with E-state index in [1.807, 2.05) is 56.3 Å². The van der Waals surface area contributed by atoms with Crippen molar-refractivity contribution >= 4 is 26.7 Å². The molecule has 7 heteroatoms. The highest BCUT2D eigenvalue weighted by atomic mass is 32.2. The van der Waals surface area contributed by atoms with E-state index >= 15 is 0 Å². The summed E-state index contributed by atoms with van der Waals surface area (Å²) in [6, 6.07) is 20.0. The zero-order chi connectivity index (χ0) is 21.6. The lowest BCUT2D eigenvalue weighted by Gasteiger charge is -2.17. The number of hydrogen-bond donors (Lipinski definition) is 2. The average molecular weight is 427 g/mol. The van der Waals surface area contributed by atoms with Gasteiger partial charge in [-0.25, -0.2) is 13.1 Å². The van der Waals surface area contributed by atoms with E-state index in [0.717, 1.165) is 16.3 Å². The molecule has 0 saturated heterocycles. The second-order valence-electron chi connectivity index (χ2n) is 6.91. The van der Waals surface area contributed by atoms with Crippen LogP contribution in [0.1, 0.15) is 31.9 Å². The summed E-state index contributed by atoms with van der Waals surface area (Å²) in [6.45, 7) is 4.31. The van der Waals surface area contributed by atoms with Gasteiger partial charge in [-0.3, -0.25) is 4.79 Å². The van der Waals surface area contributed by atoms with Crippen LogP contribution in [-0.2, 0) is 14.8 Å². The fraction of sp³-hybridized carbons (Fsp3) is 0.261. The molecule has 6 nitrogen and oxygen atoms in total. The molecule has 0 spiro atoms. The average Bonchev–Trinajstić information content (AvgIpc) is 2.73. The maximum atomic E-state index is 12.4. The van der Waals surface area contributed by atoms with Gasteiger partial charge in [-0.1, -0.05) is 42.5 Å². The van der Waals surface area contributed by atoms with Crippen molar-refractivity contribution in [3.8, 4) is 5.75 Å². The minimum absolute atomic E-state index is 0.0175. The van der Waals surface area contributed by atoms with Crippen LogP contribution in [0.3, 0.4) is 0 Å². The first-order chi connectivity index (χ1) is 14.4. The van der Waals surface area contributed by atoms with Crippen molar-refractivity contribution in [3.63, 3.8) is 0 Å². The molecule has 2 N–H and O–H groups in total. The lowest BCUT2D eigenvalue weighted by molar-refractivity contribution is -0.121. The number of carbonyl (C=O) groups excluding carboxylic acids is 1. The smallest absolute Gasteiger partial charge is 0.240 e. The molecule has 0 aliphatic rings. The highest BCUT2D eigenvalue weighted by Crippen LogP contribution is 2.24. The SMILES string of the molecule is CCOc1ccc(S(=O)(=O)NCCC(=O)NC(C)c2cccc3ccccc23)cc1. The third kappa shape index (κ3) is 5.37. The summed E-state index contributed by atoms with van der Waals surface area (Å²) in [5, 5.41) is 5.14. The molecule has 3 rings (SSSR count). The summed E-state index contributed by atoms with van der Waals surface area (Å²) in [5.74, 6) is 0.392. The van der Waals surface area contributed by atoms with Gasteiger partial charge in [0.2, 0.25) is 15.9 Å². The van der Waals surface area contributed by atoms with Crippen molar-refractivity contribution in [1.82, 2.24) is 10.0 Å². The van der Waals surface area contributed by atoms with Crippen molar-refractivity contribution in [1.29, 1.82) is 0 Å². The second-order valence-corrected chi connectivity index (χ2v) is 8.68. The van der Waals surface area contributed by atoms with Crippen LogP contribution in [0.15, 0.2) is 71.6 Å². The Bertz CT molecular complexity index is 1110. The molecule has 0 radical (unpaired) electrons. The van der Waals surface area contributed by atoms with Crippen LogP contribution < -0.4 is 14.8 Å². The zero-order valence-corrected chi connectivity index (χ0v) is 17.9. The number of fused-ring (bicyclic) bond motifs is 1. The molecule has 0 fully saturated rings. The highest BCUT2D eigenvalue weighted by Gasteiger charge is 2.16. The summed E-state index contributed by atoms with van der Waals surface area (Å²) in [4.78, 5) is 12.5. The summed E-state index contributed by atoms with van der Waals surface area (Å²) in [6.07, 6.45) is 0.0470. The molecular weight excluding hydrogens is 400 g/mol. The molecule has 0 aliphatic carbocycles. The molecule has 3 aromatic carbocycles. The van der Waals surface area contributed by atoms with Crippen LogP contribution in [0.5, 0.6) is 5.75 Å².